The Morgan fingerprint density at radius 2 is 1.83 bits per heavy atom. The highest BCUT2D eigenvalue weighted by Gasteiger charge is 2.19. The largest absolute Gasteiger partial charge is 0.378 e. The summed E-state index contributed by atoms with van der Waals surface area (Å²) in [5.41, 5.74) is 1.73. The third-order valence-corrected chi connectivity index (χ3v) is 4.15. The fraction of sp³-hybridized carbons (Fsp3) is 0.312. The molecule has 0 unspecified atom stereocenters. The Hall–Kier alpha value is -2.18. The van der Waals surface area contributed by atoms with E-state index in [1.54, 1.807) is 0 Å². The molecule has 6 nitrogen and oxygen atoms in total. The first-order chi connectivity index (χ1) is 11.2. The van der Waals surface area contributed by atoms with Crippen LogP contribution in [0.4, 0.5) is 5.82 Å². The number of morpholine rings is 1. The van der Waals surface area contributed by atoms with Crippen molar-refractivity contribution in [3.05, 3.63) is 41.3 Å². The van der Waals surface area contributed by atoms with Crippen LogP contribution in [-0.4, -0.2) is 46.1 Å². The number of hydrogen-bond acceptors (Lipinski definition) is 5. The summed E-state index contributed by atoms with van der Waals surface area (Å²) < 4.78 is 7.25. The molecular formula is C16H16ClN5O. The van der Waals surface area contributed by atoms with Crippen LogP contribution in [0.3, 0.4) is 0 Å². The minimum absolute atomic E-state index is 0.699. The molecule has 0 radical (unpaired) electrons. The number of benzene rings is 1. The van der Waals surface area contributed by atoms with Crippen molar-refractivity contribution in [3.8, 4) is 5.69 Å². The standard InChI is InChI=1S/C16H16ClN5O/c1-11-19-15(21-6-8-23-9-7-21)14-10-18-22(16(14)20-11)13-4-2-12(17)3-5-13/h2-5,10H,6-9H2,1H3. The fourth-order valence-electron chi connectivity index (χ4n) is 2.79. The summed E-state index contributed by atoms with van der Waals surface area (Å²) in [5.74, 6) is 1.66. The van der Waals surface area contributed by atoms with Crippen molar-refractivity contribution in [2.45, 2.75) is 6.92 Å². The molecule has 0 bridgehead atoms. The van der Waals surface area contributed by atoms with Gasteiger partial charge in [0.25, 0.3) is 0 Å². The number of halogens is 1. The number of aryl methyl sites for hydroxylation is 1. The number of anilines is 1. The molecule has 0 spiro atoms. The SMILES string of the molecule is Cc1nc(N2CCOCC2)c2cnn(-c3ccc(Cl)cc3)c2n1. The van der Waals surface area contributed by atoms with Gasteiger partial charge in [-0.2, -0.15) is 5.10 Å². The van der Waals surface area contributed by atoms with Crippen LogP contribution < -0.4 is 4.90 Å². The third-order valence-electron chi connectivity index (χ3n) is 3.90. The lowest BCUT2D eigenvalue weighted by Gasteiger charge is -2.28. The van der Waals surface area contributed by atoms with Crippen LogP contribution in [0, 0.1) is 6.92 Å². The zero-order valence-corrected chi connectivity index (χ0v) is 13.5. The molecule has 1 aromatic carbocycles. The Kier molecular flexibility index (Phi) is 3.63. The molecule has 3 aromatic rings. The molecule has 0 saturated carbocycles. The Morgan fingerprint density at radius 1 is 1.09 bits per heavy atom. The van der Waals surface area contributed by atoms with Crippen LogP contribution in [0.25, 0.3) is 16.7 Å². The van der Waals surface area contributed by atoms with Crippen molar-refractivity contribution >= 4 is 28.5 Å². The van der Waals surface area contributed by atoms with E-state index in [-0.39, 0.29) is 0 Å². The summed E-state index contributed by atoms with van der Waals surface area (Å²) in [5, 5.41) is 6.16. The van der Waals surface area contributed by atoms with Crippen molar-refractivity contribution in [2.75, 3.05) is 31.2 Å². The molecule has 1 saturated heterocycles. The number of nitrogens with zero attached hydrogens (tertiary/aromatic N) is 5. The molecule has 0 amide bonds. The number of fused-ring (bicyclic) bond motifs is 1. The summed E-state index contributed by atoms with van der Waals surface area (Å²) in [6, 6.07) is 7.56. The Balaban J connectivity index is 1.85. The van der Waals surface area contributed by atoms with Gasteiger partial charge in [-0.3, -0.25) is 0 Å². The van der Waals surface area contributed by atoms with Gasteiger partial charge in [-0.25, -0.2) is 14.6 Å². The van der Waals surface area contributed by atoms with Crippen molar-refractivity contribution < 1.29 is 4.74 Å². The molecule has 1 aliphatic rings. The van der Waals surface area contributed by atoms with E-state index in [1.165, 1.54) is 0 Å². The van der Waals surface area contributed by atoms with Gasteiger partial charge in [0.05, 0.1) is 30.5 Å². The topological polar surface area (TPSA) is 56.1 Å². The average molecular weight is 330 g/mol. The second-order valence-corrected chi connectivity index (χ2v) is 5.90. The second kappa shape index (κ2) is 5.79. The van der Waals surface area contributed by atoms with Crippen molar-refractivity contribution in [1.82, 2.24) is 19.7 Å². The van der Waals surface area contributed by atoms with E-state index < -0.39 is 0 Å². The Bertz CT molecular complexity index is 840. The van der Waals surface area contributed by atoms with E-state index in [9.17, 15) is 0 Å². The van der Waals surface area contributed by atoms with Crippen LogP contribution in [0.1, 0.15) is 5.82 Å². The summed E-state index contributed by atoms with van der Waals surface area (Å²) in [4.78, 5) is 11.4. The van der Waals surface area contributed by atoms with Gasteiger partial charge in [-0.15, -0.1) is 0 Å². The number of rotatable bonds is 2. The maximum Gasteiger partial charge on any atom is 0.168 e. The van der Waals surface area contributed by atoms with Gasteiger partial charge in [0.1, 0.15) is 11.6 Å². The lowest BCUT2D eigenvalue weighted by atomic mass is 10.3. The predicted molar refractivity (Wildman–Crippen MR) is 89.4 cm³/mol. The van der Waals surface area contributed by atoms with E-state index in [1.807, 2.05) is 42.1 Å². The Morgan fingerprint density at radius 3 is 2.57 bits per heavy atom. The summed E-state index contributed by atoms with van der Waals surface area (Å²) in [6.45, 7) is 5.00. The van der Waals surface area contributed by atoms with Gasteiger partial charge < -0.3 is 9.64 Å². The number of hydrogen-bond donors (Lipinski definition) is 0. The highest BCUT2D eigenvalue weighted by molar-refractivity contribution is 6.30. The maximum absolute atomic E-state index is 5.97. The van der Waals surface area contributed by atoms with Crippen LogP contribution in [0.5, 0.6) is 0 Å². The lowest BCUT2D eigenvalue weighted by Crippen LogP contribution is -2.37. The monoisotopic (exact) mass is 329 g/mol. The van der Waals surface area contributed by atoms with Crippen molar-refractivity contribution in [2.24, 2.45) is 0 Å². The van der Waals surface area contributed by atoms with Crippen LogP contribution in [-0.2, 0) is 4.74 Å². The molecule has 0 aliphatic carbocycles. The van der Waals surface area contributed by atoms with Crippen molar-refractivity contribution in [3.63, 3.8) is 0 Å². The molecule has 3 heterocycles. The molecule has 4 rings (SSSR count). The molecule has 0 N–H and O–H groups in total. The highest BCUT2D eigenvalue weighted by atomic mass is 35.5. The lowest BCUT2D eigenvalue weighted by molar-refractivity contribution is 0.122. The number of ether oxygens (including phenoxy) is 1. The first kappa shape index (κ1) is 14.4. The smallest absolute Gasteiger partial charge is 0.168 e. The normalized spacial score (nSPS) is 15.3. The first-order valence-corrected chi connectivity index (χ1v) is 7.91. The van der Waals surface area contributed by atoms with Gasteiger partial charge >= 0.3 is 0 Å². The van der Waals surface area contributed by atoms with Gasteiger partial charge in [0.2, 0.25) is 0 Å². The molecule has 0 atom stereocenters. The van der Waals surface area contributed by atoms with Crippen molar-refractivity contribution in [1.29, 1.82) is 0 Å². The number of aromatic nitrogens is 4. The van der Waals surface area contributed by atoms with Crippen LogP contribution in [0.2, 0.25) is 5.02 Å². The summed E-state index contributed by atoms with van der Waals surface area (Å²) in [7, 11) is 0. The summed E-state index contributed by atoms with van der Waals surface area (Å²) >= 11 is 5.97. The van der Waals surface area contributed by atoms with Gasteiger partial charge in [0, 0.05) is 18.1 Å². The first-order valence-electron chi connectivity index (χ1n) is 7.53. The van der Waals surface area contributed by atoms with E-state index in [4.69, 9.17) is 16.3 Å². The van der Waals surface area contributed by atoms with Gasteiger partial charge in [-0.1, -0.05) is 11.6 Å². The molecule has 23 heavy (non-hydrogen) atoms. The van der Waals surface area contributed by atoms with Crippen LogP contribution >= 0.6 is 11.6 Å². The third kappa shape index (κ3) is 2.64. The zero-order chi connectivity index (χ0) is 15.8. The molecule has 1 aliphatic heterocycles. The molecule has 1 fully saturated rings. The second-order valence-electron chi connectivity index (χ2n) is 5.46. The molecule has 7 heteroatoms. The quantitative estimate of drug-likeness (QED) is 0.723. The Labute approximate surface area is 138 Å². The summed E-state index contributed by atoms with van der Waals surface area (Å²) in [6.07, 6.45) is 1.83. The predicted octanol–water partition coefficient (Wildman–Crippen LogP) is 2.61. The van der Waals surface area contributed by atoms with Crippen LogP contribution in [0.15, 0.2) is 30.5 Å². The van der Waals surface area contributed by atoms with Gasteiger partial charge in [-0.05, 0) is 31.2 Å². The van der Waals surface area contributed by atoms with Gasteiger partial charge in [0.15, 0.2) is 5.65 Å². The van der Waals surface area contributed by atoms with E-state index in [0.717, 1.165) is 54.7 Å². The molecule has 118 valence electrons. The zero-order valence-electron chi connectivity index (χ0n) is 12.7. The maximum atomic E-state index is 5.97. The molecule has 2 aromatic heterocycles. The average Bonchev–Trinajstić information content (AvgIpc) is 2.99. The highest BCUT2D eigenvalue weighted by Crippen LogP contribution is 2.26. The molecular weight excluding hydrogens is 314 g/mol. The van der Waals surface area contributed by atoms with E-state index >= 15 is 0 Å². The van der Waals surface area contributed by atoms with E-state index in [0.29, 0.717) is 5.02 Å². The van der Waals surface area contributed by atoms with E-state index in [2.05, 4.69) is 20.0 Å². The fourth-order valence-corrected chi connectivity index (χ4v) is 2.91. The minimum atomic E-state index is 0.699. The minimum Gasteiger partial charge on any atom is -0.378 e.